The molecule has 0 atom stereocenters. The van der Waals surface area contributed by atoms with Gasteiger partial charge in [0, 0.05) is 0 Å². The SMILES string of the molecule is CCn1ncc(S(=O)(=O)Nc2ccc3nc(C)nn3c2)n1. The largest absolute Gasteiger partial charge is 0.282 e. The Kier molecular flexibility index (Phi) is 3.09. The Bertz CT molecular complexity index is 896. The van der Waals surface area contributed by atoms with Crippen LogP contribution in [0.5, 0.6) is 0 Å². The molecular formula is C11H13N7O2S. The van der Waals surface area contributed by atoms with Gasteiger partial charge in [-0.05, 0) is 26.0 Å². The molecule has 21 heavy (non-hydrogen) atoms. The Balaban J connectivity index is 1.92. The van der Waals surface area contributed by atoms with Crippen LogP contribution in [0.1, 0.15) is 12.7 Å². The van der Waals surface area contributed by atoms with Gasteiger partial charge in [-0.2, -0.15) is 23.4 Å². The fourth-order valence-corrected chi connectivity index (χ4v) is 2.74. The van der Waals surface area contributed by atoms with Gasteiger partial charge in [0.1, 0.15) is 5.82 Å². The summed E-state index contributed by atoms with van der Waals surface area (Å²) in [7, 11) is -3.77. The Morgan fingerprint density at radius 2 is 2.10 bits per heavy atom. The van der Waals surface area contributed by atoms with Crippen LogP contribution in [0.3, 0.4) is 0 Å². The van der Waals surface area contributed by atoms with E-state index in [2.05, 4.69) is 25.0 Å². The summed E-state index contributed by atoms with van der Waals surface area (Å²) in [4.78, 5) is 5.48. The molecule has 0 aliphatic rings. The van der Waals surface area contributed by atoms with E-state index in [0.29, 0.717) is 23.7 Å². The lowest BCUT2D eigenvalue weighted by Gasteiger charge is -2.05. The van der Waals surface area contributed by atoms with Crippen molar-refractivity contribution < 1.29 is 8.42 Å². The van der Waals surface area contributed by atoms with Gasteiger partial charge in [-0.1, -0.05) is 0 Å². The molecule has 0 unspecified atom stereocenters. The average molecular weight is 307 g/mol. The Hall–Kier alpha value is -2.49. The summed E-state index contributed by atoms with van der Waals surface area (Å²) in [6, 6.07) is 3.30. The zero-order valence-corrected chi connectivity index (χ0v) is 12.2. The van der Waals surface area contributed by atoms with Gasteiger partial charge in [0.2, 0.25) is 5.03 Å². The summed E-state index contributed by atoms with van der Waals surface area (Å²) in [5.74, 6) is 0.612. The molecule has 3 aromatic heterocycles. The van der Waals surface area contributed by atoms with Crippen LogP contribution in [-0.2, 0) is 16.6 Å². The molecular weight excluding hydrogens is 294 g/mol. The van der Waals surface area contributed by atoms with E-state index in [-0.39, 0.29) is 5.03 Å². The van der Waals surface area contributed by atoms with Crippen LogP contribution in [0.15, 0.2) is 29.6 Å². The minimum absolute atomic E-state index is 0.126. The highest BCUT2D eigenvalue weighted by Gasteiger charge is 2.18. The van der Waals surface area contributed by atoms with Crippen LogP contribution in [0, 0.1) is 6.92 Å². The van der Waals surface area contributed by atoms with Crippen LogP contribution in [0.2, 0.25) is 0 Å². The molecule has 0 saturated heterocycles. The molecule has 1 N–H and O–H groups in total. The second-order valence-corrected chi connectivity index (χ2v) is 5.99. The highest BCUT2D eigenvalue weighted by Crippen LogP contribution is 2.14. The van der Waals surface area contributed by atoms with Crippen molar-refractivity contribution >= 4 is 21.4 Å². The van der Waals surface area contributed by atoms with E-state index in [1.165, 1.54) is 15.5 Å². The van der Waals surface area contributed by atoms with E-state index in [1.54, 1.807) is 25.3 Å². The van der Waals surface area contributed by atoms with Gasteiger partial charge in [-0.3, -0.25) is 4.72 Å². The number of rotatable bonds is 4. The number of hydrogen-bond donors (Lipinski definition) is 1. The molecule has 0 aromatic carbocycles. The molecule has 0 aliphatic heterocycles. The minimum Gasteiger partial charge on any atom is -0.277 e. The van der Waals surface area contributed by atoms with Crippen LogP contribution >= 0.6 is 0 Å². The number of sulfonamides is 1. The molecule has 3 aromatic rings. The summed E-state index contributed by atoms with van der Waals surface area (Å²) >= 11 is 0. The molecule has 9 nitrogen and oxygen atoms in total. The van der Waals surface area contributed by atoms with Crippen molar-refractivity contribution in [2.24, 2.45) is 0 Å². The summed E-state index contributed by atoms with van der Waals surface area (Å²) in [5.41, 5.74) is 1.02. The van der Waals surface area contributed by atoms with Gasteiger partial charge < -0.3 is 0 Å². The summed E-state index contributed by atoms with van der Waals surface area (Å²) in [6.45, 7) is 4.09. The first kappa shape index (κ1) is 13.5. The Morgan fingerprint density at radius 3 is 2.81 bits per heavy atom. The van der Waals surface area contributed by atoms with Crippen LogP contribution in [0.25, 0.3) is 5.65 Å². The molecule has 0 radical (unpaired) electrons. The smallest absolute Gasteiger partial charge is 0.277 e. The zero-order chi connectivity index (χ0) is 15.0. The van der Waals surface area contributed by atoms with Crippen LogP contribution < -0.4 is 4.72 Å². The number of anilines is 1. The van der Waals surface area contributed by atoms with Crippen LogP contribution in [-0.4, -0.2) is 38.0 Å². The third-order valence-electron chi connectivity index (χ3n) is 2.76. The first-order valence-corrected chi connectivity index (χ1v) is 7.72. The summed E-state index contributed by atoms with van der Waals surface area (Å²) in [6.07, 6.45) is 2.76. The van der Waals surface area contributed by atoms with Crippen molar-refractivity contribution in [2.75, 3.05) is 4.72 Å². The molecule has 110 valence electrons. The molecule has 0 aliphatic carbocycles. The van der Waals surface area contributed by atoms with E-state index < -0.39 is 10.0 Å². The fraction of sp³-hybridized carbons (Fsp3) is 0.273. The van der Waals surface area contributed by atoms with Crippen molar-refractivity contribution in [3.05, 3.63) is 30.4 Å². The lowest BCUT2D eigenvalue weighted by atomic mass is 10.4. The molecule has 0 saturated carbocycles. The Labute approximate surface area is 120 Å². The van der Waals surface area contributed by atoms with Gasteiger partial charge in [0.25, 0.3) is 10.0 Å². The van der Waals surface area contributed by atoms with Crippen molar-refractivity contribution in [1.82, 2.24) is 29.6 Å². The molecule has 3 rings (SSSR count). The summed E-state index contributed by atoms with van der Waals surface area (Å²) < 4.78 is 28.4. The van der Waals surface area contributed by atoms with Crippen molar-refractivity contribution in [3.63, 3.8) is 0 Å². The lowest BCUT2D eigenvalue weighted by Crippen LogP contribution is -2.14. The van der Waals surface area contributed by atoms with Gasteiger partial charge >= 0.3 is 0 Å². The number of aryl methyl sites for hydroxylation is 2. The predicted octanol–water partition coefficient (Wildman–Crippen LogP) is 0.450. The molecule has 10 heteroatoms. The van der Waals surface area contributed by atoms with E-state index in [1.807, 2.05) is 6.92 Å². The molecule has 0 bridgehead atoms. The summed E-state index contributed by atoms with van der Waals surface area (Å²) in [5, 5.41) is 11.7. The number of nitrogens with one attached hydrogen (secondary N) is 1. The predicted molar refractivity (Wildman–Crippen MR) is 74.2 cm³/mol. The number of aromatic nitrogens is 6. The van der Waals surface area contributed by atoms with Crippen molar-refractivity contribution in [1.29, 1.82) is 0 Å². The highest BCUT2D eigenvalue weighted by molar-refractivity contribution is 7.92. The van der Waals surface area contributed by atoms with E-state index in [4.69, 9.17) is 0 Å². The molecule has 0 amide bonds. The zero-order valence-electron chi connectivity index (χ0n) is 11.4. The van der Waals surface area contributed by atoms with E-state index in [0.717, 1.165) is 0 Å². The van der Waals surface area contributed by atoms with Gasteiger partial charge in [-0.15, -0.1) is 5.10 Å². The number of hydrogen-bond acceptors (Lipinski definition) is 6. The molecule has 0 spiro atoms. The third-order valence-corrected chi connectivity index (χ3v) is 4.00. The minimum atomic E-state index is -3.77. The number of pyridine rings is 1. The maximum Gasteiger partial charge on any atom is 0.282 e. The number of fused-ring (bicyclic) bond motifs is 1. The van der Waals surface area contributed by atoms with Gasteiger partial charge in [0.15, 0.2) is 5.65 Å². The van der Waals surface area contributed by atoms with Crippen molar-refractivity contribution in [3.8, 4) is 0 Å². The van der Waals surface area contributed by atoms with Crippen molar-refractivity contribution in [2.45, 2.75) is 25.4 Å². The second-order valence-electron chi connectivity index (χ2n) is 4.36. The Morgan fingerprint density at radius 1 is 1.29 bits per heavy atom. The quantitative estimate of drug-likeness (QED) is 0.750. The van der Waals surface area contributed by atoms with E-state index >= 15 is 0 Å². The van der Waals surface area contributed by atoms with Crippen LogP contribution in [0.4, 0.5) is 5.69 Å². The topological polar surface area (TPSA) is 107 Å². The maximum absolute atomic E-state index is 12.2. The standard InChI is InChI=1S/C11H13N7O2S/c1-3-18-12-6-11(15-18)21(19,20)16-9-4-5-10-13-8(2)14-17(10)7-9/h4-7,16H,3H2,1-2H3. The first-order chi connectivity index (χ1) is 9.98. The van der Waals surface area contributed by atoms with Gasteiger partial charge in [-0.25, -0.2) is 9.50 Å². The molecule has 0 fully saturated rings. The molecule has 3 heterocycles. The maximum atomic E-state index is 12.2. The average Bonchev–Trinajstić information content (AvgIpc) is 3.03. The monoisotopic (exact) mass is 307 g/mol. The fourth-order valence-electron chi connectivity index (χ4n) is 1.82. The van der Waals surface area contributed by atoms with Gasteiger partial charge in [0.05, 0.1) is 24.6 Å². The first-order valence-electron chi connectivity index (χ1n) is 6.24. The third kappa shape index (κ3) is 2.57. The second kappa shape index (κ2) is 4.81. The lowest BCUT2D eigenvalue weighted by molar-refractivity contribution is 0.551. The normalized spacial score (nSPS) is 11.9. The highest BCUT2D eigenvalue weighted by atomic mass is 32.2. The van der Waals surface area contributed by atoms with E-state index in [9.17, 15) is 8.42 Å². The number of nitrogens with zero attached hydrogens (tertiary/aromatic N) is 6.